The molecule has 0 radical (unpaired) electrons. The molecular formula is C25H27N7O2. The normalized spacial score (nSPS) is 14.7. The van der Waals surface area contributed by atoms with Crippen LogP contribution in [0.2, 0.25) is 0 Å². The van der Waals surface area contributed by atoms with Crippen LogP contribution in [0.1, 0.15) is 47.1 Å². The Bertz CT molecular complexity index is 1390. The van der Waals surface area contributed by atoms with Crippen LogP contribution in [0.5, 0.6) is 0 Å². The second kappa shape index (κ2) is 8.42. The molecule has 1 aromatic carbocycles. The standard InChI is InChI=1S/C25H27N7O2/c1-25(10-11-25)32-19(9-8-18-12-27-15-31(18)2)20(21-22(26)28-14-29-23(21)32)24(33)30-17-6-4-16(5-7-17)13-34-3/h4-9,12,14-15H,10-11,13H2,1-3H3,(H,30,33)(H2,26,28,29). The van der Waals surface area contributed by atoms with Gasteiger partial charge in [-0.25, -0.2) is 15.0 Å². The Labute approximate surface area is 197 Å². The summed E-state index contributed by atoms with van der Waals surface area (Å²) in [7, 11) is 3.58. The predicted molar refractivity (Wildman–Crippen MR) is 132 cm³/mol. The molecule has 1 amide bonds. The Balaban J connectivity index is 1.64. The number of benzene rings is 1. The average Bonchev–Trinajstić information content (AvgIpc) is 3.26. The van der Waals surface area contributed by atoms with Gasteiger partial charge in [0.15, 0.2) is 0 Å². The quantitative estimate of drug-likeness (QED) is 0.436. The van der Waals surface area contributed by atoms with E-state index >= 15 is 0 Å². The molecule has 4 aromatic rings. The highest BCUT2D eigenvalue weighted by atomic mass is 16.5. The van der Waals surface area contributed by atoms with Crippen molar-refractivity contribution >= 4 is 40.6 Å². The number of imidazole rings is 1. The molecule has 0 atom stereocenters. The smallest absolute Gasteiger partial charge is 0.258 e. The molecule has 3 N–H and O–H groups in total. The Morgan fingerprint density at radius 3 is 2.65 bits per heavy atom. The number of methoxy groups -OCH3 is 1. The first kappa shape index (κ1) is 21.8. The van der Waals surface area contributed by atoms with Gasteiger partial charge in [-0.15, -0.1) is 0 Å². The van der Waals surface area contributed by atoms with E-state index in [0.717, 1.165) is 29.8 Å². The molecule has 9 nitrogen and oxygen atoms in total. The van der Waals surface area contributed by atoms with E-state index in [0.29, 0.717) is 28.9 Å². The minimum atomic E-state index is -0.265. The van der Waals surface area contributed by atoms with Crippen molar-refractivity contribution in [3.63, 3.8) is 0 Å². The van der Waals surface area contributed by atoms with Gasteiger partial charge in [0.1, 0.15) is 17.8 Å². The number of amides is 1. The summed E-state index contributed by atoms with van der Waals surface area (Å²) in [5.74, 6) is 0.0161. The van der Waals surface area contributed by atoms with Crippen molar-refractivity contribution in [2.45, 2.75) is 31.9 Å². The van der Waals surface area contributed by atoms with Crippen molar-refractivity contribution in [3.05, 3.63) is 65.6 Å². The van der Waals surface area contributed by atoms with Gasteiger partial charge in [-0.2, -0.15) is 0 Å². The summed E-state index contributed by atoms with van der Waals surface area (Å²) < 4.78 is 9.21. The molecule has 0 spiro atoms. The maximum Gasteiger partial charge on any atom is 0.258 e. The Hall–Kier alpha value is -3.98. The van der Waals surface area contributed by atoms with Crippen LogP contribution in [0.15, 0.2) is 43.1 Å². The van der Waals surface area contributed by atoms with Crippen LogP contribution < -0.4 is 11.1 Å². The summed E-state index contributed by atoms with van der Waals surface area (Å²) in [5, 5.41) is 3.59. The third-order valence-electron chi connectivity index (χ3n) is 6.34. The van der Waals surface area contributed by atoms with Crippen molar-refractivity contribution in [2.24, 2.45) is 7.05 Å². The molecule has 0 unspecified atom stereocenters. The highest BCUT2D eigenvalue weighted by Gasteiger charge is 2.43. The lowest BCUT2D eigenvalue weighted by Crippen LogP contribution is -2.17. The number of hydrogen-bond donors (Lipinski definition) is 2. The summed E-state index contributed by atoms with van der Waals surface area (Å²) in [6.07, 6.45) is 10.8. The molecule has 0 aliphatic heterocycles. The van der Waals surface area contributed by atoms with Crippen LogP contribution in [0, 0.1) is 0 Å². The van der Waals surface area contributed by atoms with E-state index in [1.807, 2.05) is 48.0 Å². The van der Waals surface area contributed by atoms with Crippen molar-refractivity contribution in [1.29, 1.82) is 0 Å². The zero-order chi connectivity index (χ0) is 23.9. The van der Waals surface area contributed by atoms with Gasteiger partial charge in [0.05, 0.1) is 41.5 Å². The van der Waals surface area contributed by atoms with Crippen molar-refractivity contribution in [1.82, 2.24) is 24.1 Å². The number of nitrogens with one attached hydrogen (secondary N) is 1. The Kier molecular flexibility index (Phi) is 5.41. The van der Waals surface area contributed by atoms with Gasteiger partial charge in [0.2, 0.25) is 0 Å². The van der Waals surface area contributed by atoms with Gasteiger partial charge in [0.25, 0.3) is 5.91 Å². The molecule has 0 saturated heterocycles. The van der Waals surface area contributed by atoms with E-state index in [1.165, 1.54) is 6.33 Å². The number of nitrogens with zero attached hydrogens (tertiary/aromatic N) is 5. The third kappa shape index (κ3) is 3.84. The zero-order valence-electron chi connectivity index (χ0n) is 19.4. The maximum absolute atomic E-state index is 13.7. The number of carbonyl (C=O) groups excluding carboxylic acids is 1. The van der Waals surface area contributed by atoms with Crippen molar-refractivity contribution in [2.75, 3.05) is 18.2 Å². The van der Waals surface area contributed by atoms with Crippen molar-refractivity contribution < 1.29 is 9.53 Å². The topological polar surface area (TPSA) is 113 Å². The van der Waals surface area contributed by atoms with Gasteiger partial charge in [-0.1, -0.05) is 12.1 Å². The van der Waals surface area contributed by atoms with Gasteiger partial charge in [-0.3, -0.25) is 4.79 Å². The number of nitrogens with two attached hydrogens (primary N) is 1. The number of carbonyl (C=O) groups is 1. The highest BCUT2D eigenvalue weighted by Crippen LogP contribution is 2.48. The lowest BCUT2D eigenvalue weighted by molar-refractivity contribution is 0.102. The molecule has 3 heterocycles. The summed E-state index contributed by atoms with van der Waals surface area (Å²) in [6, 6.07) is 7.57. The van der Waals surface area contributed by atoms with E-state index < -0.39 is 0 Å². The van der Waals surface area contributed by atoms with Crippen LogP contribution in [0.4, 0.5) is 11.5 Å². The van der Waals surface area contributed by atoms with Crippen LogP contribution in [0.25, 0.3) is 23.2 Å². The lowest BCUT2D eigenvalue weighted by atomic mass is 10.1. The fourth-order valence-electron chi connectivity index (χ4n) is 4.23. The first-order valence-corrected chi connectivity index (χ1v) is 11.1. The first-order chi connectivity index (χ1) is 16.4. The highest BCUT2D eigenvalue weighted by molar-refractivity contribution is 6.17. The van der Waals surface area contributed by atoms with Gasteiger partial charge in [0, 0.05) is 25.4 Å². The van der Waals surface area contributed by atoms with E-state index in [2.05, 4.69) is 31.8 Å². The second-order valence-corrected chi connectivity index (χ2v) is 8.90. The lowest BCUT2D eigenvalue weighted by Gasteiger charge is -2.16. The second-order valence-electron chi connectivity index (χ2n) is 8.90. The fourth-order valence-corrected chi connectivity index (χ4v) is 4.23. The van der Waals surface area contributed by atoms with E-state index in [1.54, 1.807) is 19.6 Å². The fraction of sp³-hybridized carbons (Fsp3) is 0.280. The number of ether oxygens (including phenoxy) is 1. The number of anilines is 2. The summed E-state index contributed by atoms with van der Waals surface area (Å²) in [6.45, 7) is 2.68. The van der Waals surface area contributed by atoms with Gasteiger partial charge >= 0.3 is 0 Å². The first-order valence-electron chi connectivity index (χ1n) is 11.1. The van der Waals surface area contributed by atoms with E-state index in [-0.39, 0.29) is 17.3 Å². The largest absolute Gasteiger partial charge is 0.383 e. The molecule has 174 valence electrons. The molecule has 1 saturated carbocycles. The maximum atomic E-state index is 13.7. The molecule has 0 bridgehead atoms. The zero-order valence-corrected chi connectivity index (χ0v) is 19.4. The molecule has 1 aliphatic carbocycles. The Morgan fingerprint density at radius 1 is 1.24 bits per heavy atom. The number of hydrogen-bond acceptors (Lipinski definition) is 6. The van der Waals surface area contributed by atoms with E-state index in [4.69, 9.17) is 10.5 Å². The number of rotatable bonds is 7. The molecule has 9 heteroatoms. The molecule has 5 rings (SSSR count). The monoisotopic (exact) mass is 457 g/mol. The number of aromatic nitrogens is 5. The minimum Gasteiger partial charge on any atom is -0.383 e. The summed E-state index contributed by atoms with van der Waals surface area (Å²) in [4.78, 5) is 26.6. The molecule has 34 heavy (non-hydrogen) atoms. The molecular weight excluding hydrogens is 430 g/mol. The molecule has 3 aromatic heterocycles. The number of nitrogen functional groups attached to an aromatic ring is 1. The van der Waals surface area contributed by atoms with E-state index in [9.17, 15) is 4.79 Å². The third-order valence-corrected chi connectivity index (χ3v) is 6.34. The average molecular weight is 458 g/mol. The van der Waals surface area contributed by atoms with Crippen LogP contribution in [-0.4, -0.2) is 37.1 Å². The van der Waals surface area contributed by atoms with Crippen LogP contribution in [0.3, 0.4) is 0 Å². The van der Waals surface area contributed by atoms with Crippen LogP contribution in [-0.2, 0) is 23.9 Å². The van der Waals surface area contributed by atoms with Crippen LogP contribution >= 0.6 is 0 Å². The SMILES string of the molecule is COCc1ccc(NC(=O)c2c(C=Cc3cncn3C)n(C3(C)CC3)c3ncnc(N)c23)cc1. The molecule has 1 aliphatic rings. The van der Waals surface area contributed by atoms with Crippen molar-refractivity contribution in [3.8, 4) is 0 Å². The molecule has 1 fully saturated rings. The summed E-state index contributed by atoms with van der Waals surface area (Å²) in [5.41, 5.74) is 10.7. The number of fused-ring (bicyclic) bond motifs is 1. The van der Waals surface area contributed by atoms with Gasteiger partial charge < -0.3 is 24.9 Å². The minimum absolute atomic E-state index is 0.133. The Morgan fingerprint density at radius 2 is 2.00 bits per heavy atom. The summed E-state index contributed by atoms with van der Waals surface area (Å²) >= 11 is 0. The predicted octanol–water partition coefficient (Wildman–Crippen LogP) is 3.83. The van der Waals surface area contributed by atoms with Gasteiger partial charge in [-0.05, 0) is 49.6 Å². The number of aryl methyl sites for hydroxylation is 1.